The van der Waals surface area contributed by atoms with Crippen LogP contribution in [-0.2, 0) is 0 Å². The Kier molecular flexibility index (Phi) is 6.04. The van der Waals surface area contributed by atoms with Crippen LogP contribution in [0.2, 0.25) is 0 Å². The van der Waals surface area contributed by atoms with Gasteiger partial charge in [-0.1, -0.05) is 36.4 Å². The van der Waals surface area contributed by atoms with E-state index in [-0.39, 0.29) is 22.2 Å². The van der Waals surface area contributed by atoms with Crippen LogP contribution in [0.1, 0.15) is 5.56 Å². The van der Waals surface area contributed by atoms with Crippen LogP contribution in [0, 0.1) is 10.1 Å². The van der Waals surface area contributed by atoms with Gasteiger partial charge in [-0.3, -0.25) is 31.4 Å². The summed E-state index contributed by atoms with van der Waals surface area (Å²) >= 11 is 0. The van der Waals surface area contributed by atoms with Gasteiger partial charge in [0, 0.05) is 6.07 Å². The lowest BCUT2D eigenvalue weighted by Crippen LogP contribution is -2.25. The standard InChI is InChI=1S/C16H16N4O7/c21-14(10-4-2-1-3-5-10)9-15(22)16(23)18-17-12-7-6-11(19(24)25)8-13(12)20(26)27/h1-9,17-18,21-25H/p-2/b14-9+,16-15?. The highest BCUT2D eigenvalue weighted by molar-refractivity contribution is 5.67. The zero-order valence-corrected chi connectivity index (χ0v) is 13.6. The second-order valence-corrected chi connectivity index (χ2v) is 5.09. The minimum absolute atomic E-state index is 0.181. The van der Waals surface area contributed by atoms with Crippen LogP contribution in [0.25, 0.3) is 5.76 Å². The monoisotopic (exact) mass is 374 g/mol. The number of allylic oxidation sites excluding steroid dienone is 1. The summed E-state index contributed by atoms with van der Waals surface area (Å²) in [6.07, 6.45) is 0.659. The molecule has 0 saturated carbocycles. The molecule has 0 radical (unpaired) electrons. The molecule has 2 rings (SSSR count). The van der Waals surface area contributed by atoms with Crippen molar-refractivity contribution in [1.29, 1.82) is 0 Å². The molecule has 0 aliphatic rings. The number of nitro groups is 1. The average molecular weight is 374 g/mol. The van der Waals surface area contributed by atoms with E-state index in [0.717, 1.165) is 18.2 Å². The van der Waals surface area contributed by atoms with Crippen molar-refractivity contribution in [2.45, 2.75) is 0 Å². The van der Waals surface area contributed by atoms with Crippen molar-refractivity contribution < 1.29 is 30.7 Å². The van der Waals surface area contributed by atoms with E-state index in [1.807, 2.05) is 5.43 Å². The van der Waals surface area contributed by atoms with Gasteiger partial charge >= 0.3 is 0 Å². The Bertz CT molecular complexity index is 882. The van der Waals surface area contributed by atoms with Gasteiger partial charge < -0.3 is 15.3 Å². The summed E-state index contributed by atoms with van der Waals surface area (Å²) in [6.45, 7) is 0. The van der Waals surface area contributed by atoms with E-state index in [0.29, 0.717) is 6.08 Å². The molecule has 27 heavy (non-hydrogen) atoms. The summed E-state index contributed by atoms with van der Waals surface area (Å²) in [5.41, 5.74) is 3.50. The summed E-state index contributed by atoms with van der Waals surface area (Å²) in [4.78, 5) is 10.2. The molecule has 2 aromatic rings. The van der Waals surface area contributed by atoms with Crippen LogP contribution in [0.3, 0.4) is 0 Å². The lowest BCUT2D eigenvalue weighted by atomic mass is 10.2. The van der Waals surface area contributed by atoms with Crippen molar-refractivity contribution in [2.75, 3.05) is 10.7 Å². The molecule has 142 valence electrons. The summed E-state index contributed by atoms with van der Waals surface area (Å²) < 4.78 is 0. The van der Waals surface area contributed by atoms with Crippen LogP contribution in [0.4, 0.5) is 17.1 Å². The predicted octanol–water partition coefficient (Wildman–Crippen LogP) is 0.585. The van der Waals surface area contributed by atoms with Crippen LogP contribution < -0.4 is 26.3 Å². The summed E-state index contributed by atoms with van der Waals surface area (Å²) in [7, 11) is 0. The van der Waals surface area contributed by atoms with Gasteiger partial charge in [-0.25, -0.2) is 0 Å². The zero-order chi connectivity index (χ0) is 20.0. The van der Waals surface area contributed by atoms with E-state index in [4.69, 9.17) is 10.4 Å². The average Bonchev–Trinajstić information content (AvgIpc) is 2.66. The van der Waals surface area contributed by atoms with Gasteiger partial charge in [0.05, 0.1) is 4.92 Å². The molecule has 0 aromatic heterocycles. The Morgan fingerprint density at radius 1 is 1.11 bits per heavy atom. The van der Waals surface area contributed by atoms with Crippen molar-refractivity contribution in [3.63, 3.8) is 0 Å². The number of nitrogens with zero attached hydrogens (tertiary/aromatic N) is 2. The molecule has 0 atom stereocenters. The number of benzene rings is 2. The van der Waals surface area contributed by atoms with E-state index in [1.54, 1.807) is 18.2 Å². The zero-order valence-electron chi connectivity index (χ0n) is 13.6. The molecular weight excluding hydrogens is 360 g/mol. The number of aliphatic hydroxyl groups is 1. The van der Waals surface area contributed by atoms with Gasteiger partial charge in [0.1, 0.15) is 11.4 Å². The normalized spacial score (nSPS) is 12.1. The van der Waals surface area contributed by atoms with E-state index in [9.17, 15) is 25.4 Å². The highest BCUT2D eigenvalue weighted by Gasteiger charge is 2.16. The molecule has 5 N–H and O–H groups in total. The first-order valence-corrected chi connectivity index (χ1v) is 7.32. The Morgan fingerprint density at radius 3 is 2.37 bits per heavy atom. The van der Waals surface area contributed by atoms with Crippen molar-refractivity contribution in [3.05, 3.63) is 81.9 Å². The number of anilines is 2. The molecule has 11 heteroatoms. The van der Waals surface area contributed by atoms with E-state index in [2.05, 4.69) is 5.43 Å². The Balaban J connectivity index is 2.17. The van der Waals surface area contributed by atoms with E-state index >= 15 is 0 Å². The summed E-state index contributed by atoms with van der Waals surface area (Å²) in [5, 5.41) is 62.0. The molecule has 0 aliphatic heterocycles. The lowest BCUT2D eigenvalue weighted by molar-refractivity contribution is -0.384. The van der Waals surface area contributed by atoms with Gasteiger partial charge in [0.25, 0.3) is 5.69 Å². The van der Waals surface area contributed by atoms with Crippen LogP contribution in [-0.4, -0.2) is 20.4 Å². The third-order valence-electron chi connectivity index (χ3n) is 3.28. The number of aliphatic hydroxyl groups excluding tert-OH is 1. The molecule has 2 aromatic carbocycles. The van der Waals surface area contributed by atoms with Crippen molar-refractivity contribution >= 4 is 22.8 Å². The number of hydrazine groups is 1. The fourth-order valence-corrected chi connectivity index (χ4v) is 1.96. The first kappa shape index (κ1) is 19.4. The molecule has 0 saturated heterocycles. The fraction of sp³-hybridized carbons (Fsp3) is 0. The Hall–Kier alpha value is -3.96. The topological polar surface area (TPSA) is 177 Å². The SMILES string of the molecule is O=[N+]([O-])c1cc(N(O)O)ccc1NNC(O)=C([O-])/C=C(/[O-])c1ccccc1. The maximum atomic E-state index is 11.9. The molecule has 0 heterocycles. The number of hydrogen-bond acceptors (Lipinski definition) is 10. The number of hydrogen-bond donors (Lipinski definition) is 5. The van der Waals surface area contributed by atoms with Gasteiger partial charge in [-0.05, 0) is 23.5 Å². The second kappa shape index (κ2) is 8.42. The largest absolute Gasteiger partial charge is 0.872 e. The quantitative estimate of drug-likeness (QED) is 0.199. The third-order valence-corrected chi connectivity index (χ3v) is 3.28. The molecule has 0 bridgehead atoms. The number of nitrogens with one attached hydrogen (secondary N) is 2. The summed E-state index contributed by atoms with van der Waals surface area (Å²) in [6, 6.07) is 11.0. The maximum absolute atomic E-state index is 11.9. The van der Waals surface area contributed by atoms with Gasteiger partial charge in [-0.2, -0.15) is 0 Å². The van der Waals surface area contributed by atoms with Crippen molar-refractivity contribution in [1.82, 2.24) is 5.43 Å². The molecular formula is C16H14N4O7-2. The number of nitro benzene ring substituents is 1. The first-order chi connectivity index (χ1) is 12.8. The van der Waals surface area contributed by atoms with Crippen LogP contribution >= 0.6 is 0 Å². The Morgan fingerprint density at radius 2 is 1.78 bits per heavy atom. The van der Waals surface area contributed by atoms with E-state index < -0.39 is 28.0 Å². The smallest absolute Gasteiger partial charge is 0.296 e. The molecule has 11 nitrogen and oxygen atoms in total. The lowest BCUT2D eigenvalue weighted by Gasteiger charge is -2.19. The molecule has 0 unspecified atom stereocenters. The van der Waals surface area contributed by atoms with Gasteiger partial charge in [0.15, 0.2) is 5.88 Å². The number of rotatable bonds is 7. The van der Waals surface area contributed by atoms with Crippen LogP contribution in [0.5, 0.6) is 0 Å². The third kappa shape index (κ3) is 5.01. The predicted molar refractivity (Wildman–Crippen MR) is 90.0 cm³/mol. The molecule has 0 fully saturated rings. The van der Waals surface area contributed by atoms with Crippen LogP contribution in [0.15, 0.2) is 66.2 Å². The minimum atomic E-state index is -1.05. The maximum Gasteiger partial charge on any atom is 0.296 e. The Labute approximate surface area is 152 Å². The van der Waals surface area contributed by atoms with Crippen molar-refractivity contribution in [2.24, 2.45) is 0 Å². The fourth-order valence-electron chi connectivity index (χ4n) is 1.96. The summed E-state index contributed by atoms with van der Waals surface area (Å²) in [5.74, 6) is -2.65. The molecule has 0 amide bonds. The van der Waals surface area contributed by atoms with E-state index in [1.165, 1.54) is 12.1 Å². The van der Waals surface area contributed by atoms with Gasteiger partial charge in [0.2, 0.25) is 0 Å². The highest BCUT2D eigenvalue weighted by Crippen LogP contribution is 2.28. The van der Waals surface area contributed by atoms with Gasteiger partial charge in [-0.15, -0.1) is 11.0 Å². The highest BCUT2D eigenvalue weighted by atomic mass is 16.8. The van der Waals surface area contributed by atoms with Crippen molar-refractivity contribution in [3.8, 4) is 0 Å². The molecule has 0 spiro atoms. The first-order valence-electron chi connectivity index (χ1n) is 7.32. The molecule has 0 aliphatic carbocycles. The minimum Gasteiger partial charge on any atom is -0.872 e. The second-order valence-electron chi connectivity index (χ2n) is 5.09.